The van der Waals surface area contributed by atoms with Gasteiger partial charge in [0.2, 0.25) is 5.91 Å². The minimum absolute atomic E-state index is 0.0530. The first-order valence-electron chi connectivity index (χ1n) is 8.61. The van der Waals surface area contributed by atoms with Gasteiger partial charge in [0.1, 0.15) is 6.54 Å². The highest BCUT2D eigenvalue weighted by Gasteiger charge is 2.17. The minimum Gasteiger partial charge on any atom is -0.408 e. The number of oxazole rings is 1. The molecule has 4 aromatic rings. The molecule has 0 saturated carbocycles. The number of hydrogen-bond acceptors (Lipinski definition) is 4. The van der Waals surface area contributed by atoms with Crippen LogP contribution in [0.15, 0.2) is 63.9 Å². The third-order valence-electron chi connectivity index (χ3n) is 4.65. The van der Waals surface area contributed by atoms with E-state index in [-0.39, 0.29) is 19.0 Å². The molecule has 1 amide bonds. The van der Waals surface area contributed by atoms with Crippen LogP contribution in [0.25, 0.3) is 22.0 Å². The lowest BCUT2D eigenvalue weighted by Gasteiger charge is -2.11. The number of carbonyl (C=O) groups excluding carboxylic acids is 1. The molecule has 0 aliphatic heterocycles. The molecular formula is C20H19N3O4. The van der Waals surface area contributed by atoms with Crippen LogP contribution < -0.4 is 11.1 Å². The number of nitrogens with zero attached hydrogens (tertiary/aromatic N) is 2. The fraction of sp³-hybridized carbons (Fsp3) is 0.200. The summed E-state index contributed by atoms with van der Waals surface area (Å²) >= 11 is 0. The molecule has 4 rings (SSSR count). The molecule has 0 saturated heterocycles. The first-order valence-corrected chi connectivity index (χ1v) is 8.61. The van der Waals surface area contributed by atoms with E-state index >= 15 is 0 Å². The molecule has 7 nitrogen and oxygen atoms in total. The standard InChI is InChI=1S/C20H19N3O4/c1-22-11-14(13-6-2-3-7-15(13)22)17(24)10-21-19(25)12-23-16-8-4-5-9-18(16)27-20(23)26/h2-9,11,17,24H,10,12H2,1H3,(H,21,25). The van der Waals surface area contributed by atoms with E-state index < -0.39 is 11.9 Å². The summed E-state index contributed by atoms with van der Waals surface area (Å²) < 4.78 is 8.33. The Morgan fingerprint density at radius 1 is 1.15 bits per heavy atom. The third-order valence-corrected chi connectivity index (χ3v) is 4.65. The number of hydrogen-bond donors (Lipinski definition) is 2. The van der Waals surface area contributed by atoms with Crippen molar-refractivity contribution in [2.24, 2.45) is 7.05 Å². The van der Waals surface area contributed by atoms with E-state index in [1.165, 1.54) is 4.57 Å². The zero-order valence-electron chi connectivity index (χ0n) is 14.8. The monoisotopic (exact) mass is 365 g/mol. The highest BCUT2D eigenvalue weighted by Crippen LogP contribution is 2.25. The average Bonchev–Trinajstić information content (AvgIpc) is 3.17. The zero-order chi connectivity index (χ0) is 19.0. The summed E-state index contributed by atoms with van der Waals surface area (Å²) in [6.45, 7) is -0.116. The van der Waals surface area contributed by atoms with E-state index in [9.17, 15) is 14.7 Å². The van der Waals surface area contributed by atoms with Crippen LogP contribution in [0, 0.1) is 0 Å². The van der Waals surface area contributed by atoms with Gasteiger partial charge in [0.15, 0.2) is 5.58 Å². The van der Waals surface area contributed by atoms with Gasteiger partial charge in [0, 0.05) is 36.3 Å². The van der Waals surface area contributed by atoms with Gasteiger partial charge in [-0.3, -0.25) is 9.36 Å². The van der Waals surface area contributed by atoms with E-state index in [4.69, 9.17) is 4.42 Å². The number of rotatable bonds is 5. The van der Waals surface area contributed by atoms with Crippen molar-refractivity contribution < 1.29 is 14.3 Å². The Hall–Kier alpha value is -3.32. The molecule has 2 aromatic carbocycles. The van der Waals surface area contributed by atoms with Gasteiger partial charge in [0.25, 0.3) is 0 Å². The lowest BCUT2D eigenvalue weighted by atomic mass is 10.1. The van der Waals surface area contributed by atoms with E-state index in [1.54, 1.807) is 24.3 Å². The van der Waals surface area contributed by atoms with Crippen molar-refractivity contribution in [3.63, 3.8) is 0 Å². The number of aryl methyl sites for hydroxylation is 1. The van der Waals surface area contributed by atoms with Gasteiger partial charge in [-0.25, -0.2) is 4.79 Å². The maximum absolute atomic E-state index is 12.3. The smallest absolute Gasteiger partial charge is 0.408 e. The van der Waals surface area contributed by atoms with E-state index in [0.717, 1.165) is 16.5 Å². The summed E-state index contributed by atoms with van der Waals surface area (Å²) in [4.78, 5) is 24.2. The molecule has 2 aromatic heterocycles. The minimum atomic E-state index is -0.849. The Labute approximate surface area is 154 Å². The SMILES string of the molecule is Cn1cc(C(O)CNC(=O)Cn2c(=O)oc3ccccc32)c2ccccc21. The molecular weight excluding hydrogens is 346 g/mol. The number of aliphatic hydroxyl groups is 1. The number of nitrogens with one attached hydrogen (secondary N) is 1. The van der Waals surface area contributed by atoms with Crippen LogP contribution in [-0.4, -0.2) is 26.7 Å². The Kier molecular flexibility index (Phi) is 4.29. The fourth-order valence-corrected chi connectivity index (χ4v) is 3.32. The van der Waals surface area contributed by atoms with Crippen LogP contribution >= 0.6 is 0 Å². The number of carbonyl (C=O) groups is 1. The Morgan fingerprint density at radius 3 is 2.67 bits per heavy atom. The predicted octanol–water partition coefficient (Wildman–Crippen LogP) is 1.94. The predicted molar refractivity (Wildman–Crippen MR) is 101 cm³/mol. The molecule has 0 fully saturated rings. The number of aliphatic hydroxyl groups excluding tert-OH is 1. The first kappa shape index (κ1) is 17.1. The third kappa shape index (κ3) is 3.13. The first-order chi connectivity index (χ1) is 13.0. The molecule has 0 aliphatic rings. The van der Waals surface area contributed by atoms with Crippen molar-refractivity contribution in [2.45, 2.75) is 12.6 Å². The van der Waals surface area contributed by atoms with Crippen molar-refractivity contribution in [2.75, 3.05) is 6.54 Å². The number of amides is 1. The molecule has 2 N–H and O–H groups in total. The molecule has 0 aliphatic carbocycles. The van der Waals surface area contributed by atoms with Crippen LogP contribution in [-0.2, 0) is 18.4 Å². The highest BCUT2D eigenvalue weighted by molar-refractivity contribution is 5.84. The van der Waals surface area contributed by atoms with E-state index in [2.05, 4.69) is 5.32 Å². The molecule has 138 valence electrons. The van der Waals surface area contributed by atoms with Gasteiger partial charge in [-0.05, 0) is 18.2 Å². The fourth-order valence-electron chi connectivity index (χ4n) is 3.32. The van der Waals surface area contributed by atoms with Gasteiger partial charge >= 0.3 is 5.76 Å². The molecule has 1 unspecified atom stereocenters. The molecule has 27 heavy (non-hydrogen) atoms. The topological polar surface area (TPSA) is 89.4 Å². The maximum Gasteiger partial charge on any atom is 0.420 e. The Bertz CT molecular complexity index is 1180. The number of aromatic nitrogens is 2. The molecule has 0 bridgehead atoms. The second-order valence-corrected chi connectivity index (χ2v) is 6.45. The largest absolute Gasteiger partial charge is 0.420 e. The van der Waals surface area contributed by atoms with E-state index in [1.807, 2.05) is 42.1 Å². The van der Waals surface area contributed by atoms with E-state index in [0.29, 0.717) is 11.1 Å². The summed E-state index contributed by atoms with van der Waals surface area (Å²) in [5, 5.41) is 14.1. The summed E-state index contributed by atoms with van der Waals surface area (Å²) in [6.07, 6.45) is 1.01. The van der Waals surface area contributed by atoms with Crippen molar-refractivity contribution in [3.8, 4) is 0 Å². The van der Waals surface area contributed by atoms with Gasteiger partial charge in [0.05, 0.1) is 11.6 Å². The summed E-state index contributed by atoms with van der Waals surface area (Å²) in [6, 6.07) is 14.7. The van der Waals surface area contributed by atoms with Gasteiger partial charge in [-0.15, -0.1) is 0 Å². The van der Waals surface area contributed by atoms with Crippen molar-refractivity contribution >= 4 is 27.9 Å². The van der Waals surface area contributed by atoms with Crippen molar-refractivity contribution in [1.82, 2.24) is 14.5 Å². The Morgan fingerprint density at radius 2 is 1.85 bits per heavy atom. The molecule has 7 heteroatoms. The maximum atomic E-state index is 12.3. The van der Waals surface area contributed by atoms with Gasteiger partial charge in [-0.2, -0.15) is 0 Å². The zero-order valence-corrected chi connectivity index (χ0v) is 14.8. The van der Waals surface area contributed by atoms with Crippen molar-refractivity contribution in [3.05, 3.63) is 70.8 Å². The normalized spacial score (nSPS) is 12.5. The van der Waals surface area contributed by atoms with Crippen LogP contribution in [0.2, 0.25) is 0 Å². The van der Waals surface area contributed by atoms with Crippen LogP contribution in [0.4, 0.5) is 0 Å². The number of benzene rings is 2. The van der Waals surface area contributed by atoms with Crippen LogP contribution in [0.1, 0.15) is 11.7 Å². The van der Waals surface area contributed by atoms with Crippen molar-refractivity contribution in [1.29, 1.82) is 0 Å². The van der Waals surface area contributed by atoms with Crippen LogP contribution in [0.3, 0.4) is 0 Å². The highest BCUT2D eigenvalue weighted by atomic mass is 16.4. The molecule has 0 radical (unpaired) electrons. The second-order valence-electron chi connectivity index (χ2n) is 6.45. The summed E-state index contributed by atoms with van der Waals surface area (Å²) in [7, 11) is 1.91. The lowest BCUT2D eigenvalue weighted by Crippen LogP contribution is -2.33. The molecule has 2 heterocycles. The Balaban J connectivity index is 1.47. The molecule has 1 atom stereocenters. The van der Waals surface area contributed by atoms with Gasteiger partial charge in [-0.1, -0.05) is 30.3 Å². The van der Waals surface area contributed by atoms with Crippen LogP contribution in [0.5, 0.6) is 0 Å². The summed E-state index contributed by atoms with van der Waals surface area (Å²) in [5.74, 6) is -0.955. The van der Waals surface area contributed by atoms with Gasteiger partial charge < -0.3 is 19.4 Å². The quantitative estimate of drug-likeness (QED) is 0.566. The lowest BCUT2D eigenvalue weighted by molar-refractivity contribution is -0.122. The number of para-hydroxylation sites is 3. The second kappa shape index (κ2) is 6.77. The summed E-state index contributed by atoms with van der Waals surface area (Å²) in [5.41, 5.74) is 2.76. The average molecular weight is 365 g/mol. The molecule has 0 spiro atoms. The number of fused-ring (bicyclic) bond motifs is 2.